The lowest BCUT2D eigenvalue weighted by molar-refractivity contribution is -0.137. The molecule has 3 N–H and O–H groups in total. The Morgan fingerprint density at radius 2 is 1.96 bits per heavy atom. The topological polar surface area (TPSA) is 107 Å². The van der Waals surface area contributed by atoms with Crippen molar-refractivity contribution in [3.63, 3.8) is 0 Å². The van der Waals surface area contributed by atoms with Gasteiger partial charge in [0.2, 0.25) is 5.91 Å². The Morgan fingerprint density at radius 3 is 2.46 bits per heavy atom. The molecule has 1 aliphatic heterocycles. The van der Waals surface area contributed by atoms with Crippen LogP contribution in [-0.2, 0) is 14.4 Å². The van der Waals surface area contributed by atoms with Crippen LogP contribution in [0.3, 0.4) is 0 Å². The van der Waals surface area contributed by atoms with Crippen molar-refractivity contribution in [1.29, 1.82) is 0 Å². The van der Waals surface area contributed by atoms with Gasteiger partial charge in [0.15, 0.2) is 0 Å². The molecule has 1 aromatic rings. The Morgan fingerprint density at radius 1 is 1.32 bits per heavy atom. The molecule has 1 saturated heterocycles. The lowest BCUT2D eigenvalue weighted by Gasteiger charge is -2.34. The summed E-state index contributed by atoms with van der Waals surface area (Å²) in [5.41, 5.74) is 0.165. The van der Waals surface area contributed by atoms with Crippen LogP contribution in [-0.4, -0.2) is 47.7 Å². The van der Waals surface area contributed by atoms with Gasteiger partial charge in [-0.25, -0.2) is 9.59 Å². The third-order valence-corrected chi connectivity index (χ3v) is 5.99. The predicted molar refractivity (Wildman–Crippen MR) is 110 cm³/mol. The lowest BCUT2D eigenvalue weighted by atomic mass is 9.78. The Balaban J connectivity index is 2.50. The number of amides is 1. The van der Waals surface area contributed by atoms with Crippen molar-refractivity contribution >= 4 is 51.1 Å². The molecule has 0 bridgehead atoms. The van der Waals surface area contributed by atoms with E-state index in [1.807, 2.05) is 0 Å². The zero-order valence-corrected chi connectivity index (χ0v) is 17.7. The monoisotopic (exact) mass is 472 g/mol. The van der Waals surface area contributed by atoms with Gasteiger partial charge >= 0.3 is 11.9 Å². The SMILES string of the molecule is CCN(C(=O)C(/C(=C\C(=O)O)C(=O)O)C1CCNCC1)c1ccc(Cl)c(Br)c1. The van der Waals surface area contributed by atoms with E-state index in [1.165, 1.54) is 4.90 Å². The first-order valence-electron chi connectivity index (χ1n) is 8.91. The molecule has 28 heavy (non-hydrogen) atoms. The fraction of sp³-hybridized carbons (Fsp3) is 0.421. The Labute approximate surface area is 176 Å². The van der Waals surface area contributed by atoms with E-state index < -0.39 is 29.3 Å². The van der Waals surface area contributed by atoms with Crippen molar-refractivity contribution in [2.45, 2.75) is 19.8 Å². The first kappa shape index (κ1) is 22.4. The molecule has 1 atom stereocenters. The normalized spacial score (nSPS) is 16.5. The molecule has 1 amide bonds. The number of nitrogens with one attached hydrogen (secondary N) is 1. The Hall–Kier alpha value is -1.90. The van der Waals surface area contributed by atoms with Crippen molar-refractivity contribution in [3.8, 4) is 0 Å². The predicted octanol–water partition coefficient (Wildman–Crippen LogP) is 3.17. The van der Waals surface area contributed by atoms with E-state index in [2.05, 4.69) is 21.2 Å². The molecular weight excluding hydrogens is 452 g/mol. The van der Waals surface area contributed by atoms with Crippen molar-refractivity contribution in [2.75, 3.05) is 24.5 Å². The van der Waals surface area contributed by atoms with Gasteiger partial charge < -0.3 is 20.4 Å². The van der Waals surface area contributed by atoms with Crippen LogP contribution in [0, 0.1) is 11.8 Å². The number of carbonyl (C=O) groups excluding carboxylic acids is 1. The number of carboxylic acids is 2. The van der Waals surface area contributed by atoms with Crippen LogP contribution < -0.4 is 10.2 Å². The number of carboxylic acid groups (broad SMARTS) is 2. The number of halogens is 2. The number of nitrogens with zero attached hydrogens (tertiary/aromatic N) is 1. The molecule has 7 nitrogen and oxygen atoms in total. The molecule has 0 spiro atoms. The summed E-state index contributed by atoms with van der Waals surface area (Å²) in [5.74, 6) is -4.53. The van der Waals surface area contributed by atoms with Crippen LogP contribution in [0.25, 0.3) is 0 Å². The lowest BCUT2D eigenvalue weighted by Crippen LogP contribution is -2.44. The summed E-state index contributed by atoms with van der Waals surface area (Å²) >= 11 is 9.36. The smallest absolute Gasteiger partial charge is 0.332 e. The number of benzene rings is 1. The van der Waals surface area contributed by atoms with Crippen molar-refractivity contribution in [2.24, 2.45) is 11.8 Å². The van der Waals surface area contributed by atoms with Gasteiger partial charge in [-0.1, -0.05) is 11.6 Å². The number of rotatable bonds is 7. The summed E-state index contributed by atoms with van der Waals surface area (Å²) in [4.78, 5) is 38.0. The van der Waals surface area contributed by atoms with E-state index in [-0.39, 0.29) is 5.92 Å². The van der Waals surface area contributed by atoms with Gasteiger partial charge in [-0.2, -0.15) is 0 Å². The molecule has 2 rings (SSSR count). The van der Waals surface area contributed by atoms with Crippen LogP contribution in [0.2, 0.25) is 5.02 Å². The summed E-state index contributed by atoms with van der Waals surface area (Å²) in [6.45, 7) is 3.37. The van der Waals surface area contributed by atoms with Gasteiger partial charge in [0.1, 0.15) is 0 Å². The maximum atomic E-state index is 13.5. The highest BCUT2D eigenvalue weighted by Crippen LogP contribution is 2.34. The Bertz CT molecular complexity index is 793. The van der Waals surface area contributed by atoms with Crippen LogP contribution in [0.15, 0.2) is 34.3 Å². The van der Waals surface area contributed by atoms with Gasteiger partial charge in [-0.05, 0) is 72.9 Å². The van der Waals surface area contributed by atoms with E-state index in [0.717, 1.165) is 0 Å². The highest BCUT2D eigenvalue weighted by atomic mass is 79.9. The summed E-state index contributed by atoms with van der Waals surface area (Å²) in [7, 11) is 0. The molecule has 1 heterocycles. The third-order valence-electron chi connectivity index (χ3n) is 4.78. The number of anilines is 1. The third kappa shape index (κ3) is 5.33. The second-order valence-electron chi connectivity index (χ2n) is 6.49. The summed E-state index contributed by atoms with van der Waals surface area (Å²) in [6.07, 6.45) is 1.81. The second kappa shape index (κ2) is 10.0. The molecule has 1 fully saturated rings. The van der Waals surface area contributed by atoms with E-state index in [9.17, 15) is 19.5 Å². The zero-order valence-electron chi connectivity index (χ0n) is 15.3. The average Bonchev–Trinajstić information content (AvgIpc) is 2.65. The van der Waals surface area contributed by atoms with Gasteiger partial charge in [-0.3, -0.25) is 4.79 Å². The minimum Gasteiger partial charge on any atom is -0.478 e. The second-order valence-corrected chi connectivity index (χ2v) is 7.75. The zero-order chi connectivity index (χ0) is 20.8. The fourth-order valence-electron chi connectivity index (χ4n) is 3.47. The van der Waals surface area contributed by atoms with E-state index in [0.29, 0.717) is 53.7 Å². The molecule has 0 aromatic heterocycles. The molecule has 152 valence electrons. The van der Waals surface area contributed by atoms with E-state index in [4.69, 9.17) is 16.7 Å². The van der Waals surface area contributed by atoms with E-state index >= 15 is 0 Å². The summed E-state index contributed by atoms with van der Waals surface area (Å²) < 4.78 is 0.607. The van der Waals surface area contributed by atoms with Gasteiger partial charge in [0, 0.05) is 22.8 Å². The minimum absolute atomic E-state index is 0.264. The van der Waals surface area contributed by atoms with Crippen molar-refractivity contribution < 1.29 is 24.6 Å². The highest BCUT2D eigenvalue weighted by molar-refractivity contribution is 9.10. The number of hydrogen-bond acceptors (Lipinski definition) is 4. The molecule has 0 radical (unpaired) electrons. The highest BCUT2D eigenvalue weighted by Gasteiger charge is 2.38. The first-order chi connectivity index (χ1) is 13.3. The largest absolute Gasteiger partial charge is 0.478 e. The Kier molecular flexibility index (Phi) is 8.03. The van der Waals surface area contributed by atoms with E-state index in [1.54, 1.807) is 25.1 Å². The average molecular weight is 474 g/mol. The first-order valence-corrected chi connectivity index (χ1v) is 10.1. The van der Waals surface area contributed by atoms with Crippen LogP contribution in [0.1, 0.15) is 19.8 Å². The van der Waals surface area contributed by atoms with Gasteiger partial charge in [0.05, 0.1) is 16.5 Å². The van der Waals surface area contributed by atoms with Gasteiger partial charge in [-0.15, -0.1) is 0 Å². The molecule has 0 aliphatic carbocycles. The molecule has 1 aliphatic rings. The van der Waals surface area contributed by atoms with Crippen LogP contribution in [0.4, 0.5) is 5.69 Å². The van der Waals surface area contributed by atoms with Crippen molar-refractivity contribution in [1.82, 2.24) is 5.32 Å². The number of aliphatic carboxylic acids is 2. The van der Waals surface area contributed by atoms with Crippen molar-refractivity contribution in [3.05, 3.63) is 39.3 Å². The number of piperidine rings is 1. The standard InChI is InChI=1S/C19H22BrClN2O5/c1-2-23(12-3-4-15(21)14(20)9-12)18(26)17(11-5-7-22-8-6-11)13(19(27)28)10-16(24)25/h3-4,9-11,17,22H,2,5-8H2,1H3,(H,24,25)(H,27,28)/b13-10+. The maximum absolute atomic E-state index is 13.5. The maximum Gasteiger partial charge on any atom is 0.332 e. The van der Waals surface area contributed by atoms with Crippen LogP contribution in [0.5, 0.6) is 0 Å². The van der Waals surface area contributed by atoms with Crippen LogP contribution >= 0.6 is 27.5 Å². The molecular formula is C19H22BrClN2O5. The summed E-state index contributed by atoms with van der Waals surface area (Å²) in [5, 5.41) is 22.4. The molecule has 9 heteroatoms. The molecule has 0 saturated carbocycles. The number of hydrogen-bond donors (Lipinski definition) is 3. The minimum atomic E-state index is -1.40. The number of carbonyl (C=O) groups is 3. The van der Waals surface area contributed by atoms with Gasteiger partial charge in [0.25, 0.3) is 0 Å². The quantitative estimate of drug-likeness (QED) is 0.525. The molecule has 1 aromatic carbocycles. The molecule has 1 unspecified atom stereocenters. The fourth-order valence-corrected chi connectivity index (χ4v) is 3.95. The summed E-state index contributed by atoms with van der Waals surface area (Å²) in [6, 6.07) is 5.00.